The summed E-state index contributed by atoms with van der Waals surface area (Å²) in [6, 6.07) is 4.37. The van der Waals surface area contributed by atoms with Crippen molar-refractivity contribution in [2.75, 3.05) is 12.2 Å². The van der Waals surface area contributed by atoms with E-state index in [0.29, 0.717) is 12.5 Å². The van der Waals surface area contributed by atoms with Crippen LogP contribution in [0, 0.1) is 0 Å². The van der Waals surface area contributed by atoms with Crippen molar-refractivity contribution in [3.05, 3.63) is 29.3 Å². The normalized spacial score (nSPS) is 16.9. The molecular weight excluding hydrogens is 387 g/mol. The fourth-order valence-corrected chi connectivity index (χ4v) is 2.81. The minimum absolute atomic E-state index is 0.0186. The Kier molecular flexibility index (Phi) is 6.10. The molecule has 12 heteroatoms. The van der Waals surface area contributed by atoms with Crippen LogP contribution in [-0.4, -0.2) is 56.5 Å². The van der Waals surface area contributed by atoms with E-state index < -0.39 is 53.1 Å². The maximum atomic E-state index is 12.9. The van der Waals surface area contributed by atoms with Crippen LogP contribution in [0.15, 0.2) is 18.2 Å². The number of rotatable bonds is 6. The average molecular weight is 405 g/mol. The van der Waals surface area contributed by atoms with Gasteiger partial charge >= 0.3 is 13.1 Å². The first kappa shape index (κ1) is 21.1. The lowest BCUT2D eigenvalue weighted by molar-refractivity contribution is -0.127. The van der Waals surface area contributed by atoms with Crippen molar-refractivity contribution in [2.24, 2.45) is 0 Å². The second kappa shape index (κ2) is 7.81. The van der Waals surface area contributed by atoms with E-state index in [2.05, 4.69) is 5.32 Å². The zero-order chi connectivity index (χ0) is 20.4. The van der Waals surface area contributed by atoms with Crippen LogP contribution in [0.3, 0.4) is 0 Å². The number of hydrogen-bond donors (Lipinski definition) is 2. The topological polar surface area (TPSA) is 119 Å². The fraction of sp³-hybridized carbons (Fsp3) is 0.467. The number of carbonyl (C=O) groups is 2. The molecule has 0 fully saturated rings. The Hall–Kier alpha value is -2.21. The van der Waals surface area contributed by atoms with Gasteiger partial charge in [0.1, 0.15) is 11.3 Å². The van der Waals surface area contributed by atoms with Crippen molar-refractivity contribution >= 4 is 28.8 Å². The number of ether oxygens (including phenoxy) is 1. The third-order valence-electron chi connectivity index (χ3n) is 3.56. The van der Waals surface area contributed by atoms with E-state index in [4.69, 9.17) is 9.39 Å². The Morgan fingerprint density at radius 3 is 2.70 bits per heavy atom. The van der Waals surface area contributed by atoms with Crippen molar-refractivity contribution in [1.29, 1.82) is 0 Å². The molecule has 8 nitrogen and oxygen atoms in total. The lowest BCUT2D eigenvalue weighted by Crippen LogP contribution is -2.53. The summed E-state index contributed by atoms with van der Waals surface area (Å²) in [6.07, 6.45) is -0.125. The molecule has 1 aliphatic heterocycles. The van der Waals surface area contributed by atoms with E-state index in [1.165, 1.54) is 12.1 Å². The molecule has 0 saturated heterocycles. The highest BCUT2D eigenvalue weighted by molar-refractivity contribution is 7.90. The molecule has 0 aliphatic carbocycles. The molecule has 2 N–H and O–H groups in total. The van der Waals surface area contributed by atoms with E-state index in [0.717, 1.165) is 6.26 Å². The maximum absolute atomic E-state index is 12.9. The number of halogens is 2. The molecule has 27 heavy (non-hydrogen) atoms. The predicted molar refractivity (Wildman–Crippen MR) is 91.0 cm³/mol. The lowest BCUT2D eigenvalue weighted by atomic mass is 9.72. The fourth-order valence-electron chi connectivity index (χ4n) is 2.49. The van der Waals surface area contributed by atoms with Crippen molar-refractivity contribution in [3.8, 4) is 5.75 Å². The zero-order valence-corrected chi connectivity index (χ0v) is 15.4. The second-order valence-corrected chi connectivity index (χ2v) is 8.49. The first-order valence-electron chi connectivity index (χ1n) is 7.84. The smallest absolute Gasteiger partial charge is 0.534 e. The number of esters is 1. The quantitative estimate of drug-likeness (QED) is 0.517. The third-order valence-corrected chi connectivity index (χ3v) is 4.11. The van der Waals surface area contributed by atoms with Gasteiger partial charge in [-0.2, -0.15) is 0 Å². The van der Waals surface area contributed by atoms with Gasteiger partial charge in [-0.15, -0.1) is 0 Å². The highest BCUT2D eigenvalue weighted by Crippen LogP contribution is 2.31. The van der Waals surface area contributed by atoms with E-state index in [1.807, 2.05) is 0 Å². The monoisotopic (exact) mass is 405 g/mol. The maximum Gasteiger partial charge on any atom is 0.547 e. The molecule has 1 heterocycles. The molecule has 1 atom stereocenters. The number of benzene rings is 1. The number of para-hydroxylation sites is 1. The molecule has 1 aromatic carbocycles. The van der Waals surface area contributed by atoms with Crippen LogP contribution in [0.2, 0.25) is 0 Å². The molecule has 1 aromatic rings. The summed E-state index contributed by atoms with van der Waals surface area (Å²) in [5.74, 6) is -6.94. The number of nitrogens with one attached hydrogen (secondary N) is 1. The van der Waals surface area contributed by atoms with Crippen molar-refractivity contribution < 1.29 is 41.2 Å². The van der Waals surface area contributed by atoms with E-state index >= 15 is 0 Å². The minimum Gasteiger partial charge on any atom is -0.534 e. The van der Waals surface area contributed by atoms with Gasteiger partial charge in [0.05, 0.1) is 12.4 Å². The molecule has 2 rings (SSSR count). The van der Waals surface area contributed by atoms with Crippen LogP contribution >= 0.6 is 0 Å². The predicted octanol–water partition coefficient (Wildman–Crippen LogP) is 0.330. The lowest BCUT2D eigenvalue weighted by Gasteiger charge is -2.29. The van der Waals surface area contributed by atoms with Gasteiger partial charge in [0.15, 0.2) is 15.8 Å². The van der Waals surface area contributed by atoms with Crippen LogP contribution in [0.4, 0.5) is 8.78 Å². The summed E-state index contributed by atoms with van der Waals surface area (Å²) in [5, 5.41) is 12.3. The molecule has 0 spiro atoms. The Morgan fingerprint density at radius 1 is 1.44 bits per heavy atom. The van der Waals surface area contributed by atoms with Gasteiger partial charge in [0.25, 0.3) is 5.92 Å². The minimum atomic E-state index is -3.54. The largest absolute Gasteiger partial charge is 0.547 e. The van der Waals surface area contributed by atoms with Crippen molar-refractivity contribution in [3.63, 3.8) is 0 Å². The molecule has 0 aromatic heterocycles. The van der Waals surface area contributed by atoms with Gasteiger partial charge in [-0.3, -0.25) is 4.79 Å². The molecule has 0 saturated carbocycles. The summed E-state index contributed by atoms with van der Waals surface area (Å²) in [7, 11) is -5.13. The number of amides is 1. The number of hydrogen-bond acceptors (Lipinski definition) is 7. The summed E-state index contributed by atoms with van der Waals surface area (Å²) in [6.45, 7) is 0.601. The van der Waals surface area contributed by atoms with Gasteiger partial charge in [0, 0.05) is 6.26 Å². The standard InChI is InChI=1S/C15H18BF2NO7S/c1-15(17,18)7-12(20)19-11-6-9-4-3-5-10(13(9)26-16(11)22)14(21)25-8-27(2,23)24/h3-5,11,22H,6-8H2,1-2H3,(H,19,20)/t11-/m0/s1. The van der Waals surface area contributed by atoms with E-state index in [1.54, 1.807) is 6.07 Å². The molecule has 1 amide bonds. The molecule has 0 bridgehead atoms. The third kappa shape index (κ3) is 6.17. The summed E-state index contributed by atoms with van der Waals surface area (Å²) in [4.78, 5) is 23.7. The Bertz CT molecular complexity index is 841. The van der Waals surface area contributed by atoms with Crippen LogP contribution in [0.1, 0.15) is 29.3 Å². The van der Waals surface area contributed by atoms with Crippen LogP contribution in [0.25, 0.3) is 0 Å². The Balaban J connectivity index is 2.14. The molecule has 148 valence electrons. The van der Waals surface area contributed by atoms with Gasteiger partial charge in [-0.05, 0) is 25.0 Å². The average Bonchev–Trinajstić information content (AvgIpc) is 2.50. The molecule has 0 radical (unpaired) electrons. The number of sulfone groups is 1. The Morgan fingerprint density at radius 2 is 2.11 bits per heavy atom. The van der Waals surface area contributed by atoms with Gasteiger partial charge in [-0.1, -0.05) is 12.1 Å². The molecule has 1 aliphatic rings. The SMILES string of the molecule is CC(F)(F)CC(=O)N[C@H]1Cc2cccc(C(=O)OCS(C)(=O)=O)c2OB1O. The summed E-state index contributed by atoms with van der Waals surface area (Å²) >= 11 is 0. The summed E-state index contributed by atoms with van der Waals surface area (Å²) < 4.78 is 58.0. The van der Waals surface area contributed by atoms with Crippen molar-refractivity contribution in [1.82, 2.24) is 5.32 Å². The molecular formula is C15H18BF2NO7S. The Labute approximate surface area is 154 Å². The van der Waals surface area contributed by atoms with E-state index in [-0.39, 0.29) is 17.7 Å². The zero-order valence-electron chi connectivity index (χ0n) is 14.6. The van der Waals surface area contributed by atoms with Crippen LogP contribution in [-0.2, 0) is 25.8 Å². The number of alkyl halides is 2. The highest BCUT2D eigenvalue weighted by atomic mass is 32.2. The van der Waals surface area contributed by atoms with Gasteiger partial charge in [0.2, 0.25) is 5.91 Å². The van der Waals surface area contributed by atoms with E-state index in [9.17, 15) is 31.8 Å². The van der Waals surface area contributed by atoms with Gasteiger partial charge < -0.3 is 19.7 Å². The van der Waals surface area contributed by atoms with Gasteiger partial charge in [-0.25, -0.2) is 22.0 Å². The second-order valence-electron chi connectivity index (χ2n) is 6.40. The first-order valence-corrected chi connectivity index (χ1v) is 9.90. The number of carbonyl (C=O) groups excluding carboxylic acids is 2. The summed E-state index contributed by atoms with van der Waals surface area (Å²) in [5.41, 5.74) is 0.322. The first-order chi connectivity index (χ1) is 12.4. The number of fused-ring (bicyclic) bond motifs is 1. The van der Waals surface area contributed by atoms with Crippen LogP contribution in [0.5, 0.6) is 5.75 Å². The molecule has 0 unspecified atom stereocenters. The van der Waals surface area contributed by atoms with Crippen molar-refractivity contribution in [2.45, 2.75) is 31.6 Å². The highest BCUT2D eigenvalue weighted by Gasteiger charge is 2.39. The van der Waals surface area contributed by atoms with Crippen LogP contribution < -0.4 is 9.97 Å².